The molecule has 0 saturated heterocycles. The Kier molecular flexibility index (Phi) is 7.39. The van der Waals surface area contributed by atoms with Crippen molar-refractivity contribution >= 4 is 11.6 Å². The molecule has 5 heteroatoms. The molecule has 2 aromatic carbocycles. The average Bonchev–Trinajstić information content (AvgIpc) is 2.68. The minimum Gasteiger partial charge on any atom is -0.507 e. The molecule has 5 nitrogen and oxygen atoms in total. The minimum atomic E-state index is -0.419. The molecule has 0 fully saturated rings. The zero-order valence-corrected chi connectivity index (χ0v) is 18.3. The average molecular weight is 408 g/mol. The van der Waals surface area contributed by atoms with E-state index < -0.39 is 5.41 Å². The number of phenols is 1. The van der Waals surface area contributed by atoms with E-state index in [9.17, 15) is 14.7 Å². The molecule has 0 atom stereocenters. The summed E-state index contributed by atoms with van der Waals surface area (Å²) in [5.41, 5.74) is 2.67. The highest BCUT2D eigenvalue weighted by atomic mass is 16.5. The number of ketones is 2. The predicted octanol–water partition coefficient (Wildman–Crippen LogP) is 5.74. The summed E-state index contributed by atoms with van der Waals surface area (Å²) in [7, 11) is 1.51. The first-order chi connectivity index (χ1) is 14.1. The lowest BCUT2D eigenvalue weighted by atomic mass is 9.82. The van der Waals surface area contributed by atoms with Crippen molar-refractivity contribution in [2.24, 2.45) is 5.41 Å². The Labute approximate surface area is 178 Å². The number of carbonyl (C=O) groups excluding carboxylic acids is 2. The van der Waals surface area contributed by atoms with Crippen LogP contribution in [0.4, 0.5) is 0 Å². The summed E-state index contributed by atoms with van der Waals surface area (Å²) in [4.78, 5) is 24.7. The number of methoxy groups -OCH3 is 1. The summed E-state index contributed by atoms with van der Waals surface area (Å²) < 4.78 is 5.49. The van der Waals surface area contributed by atoms with Crippen LogP contribution < -0.4 is 4.74 Å². The van der Waals surface area contributed by atoms with Gasteiger partial charge in [0.1, 0.15) is 11.5 Å². The third-order valence-electron chi connectivity index (χ3n) is 5.17. The van der Waals surface area contributed by atoms with E-state index in [-0.39, 0.29) is 23.7 Å². The zero-order valence-electron chi connectivity index (χ0n) is 18.3. The molecule has 0 unspecified atom stereocenters. The third kappa shape index (κ3) is 5.07. The van der Waals surface area contributed by atoms with Gasteiger partial charge in [0, 0.05) is 18.4 Å². The van der Waals surface area contributed by atoms with Gasteiger partial charge in [0.05, 0.1) is 24.3 Å². The van der Waals surface area contributed by atoms with Gasteiger partial charge in [-0.3, -0.25) is 9.59 Å². The van der Waals surface area contributed by atoms with Crippen molar-refractivity contribution < 1.29 is 19.4 Å². The second-order valence-corrected chi connectivity index (χ2v) is 8.31. The van der Waals surface area contributed by atoms with E-state index in [1.165, 1.54) is 14.0 Å². The van der Waals surface area contributed by atoms with Crippen molar-refractivity contribution in [2.75, 3.05) is 7.11 Å². The van der Waals surface area contributed by atoms with Gasteiger partial charge in [-0.15, -0.1) is 0 Å². The van der Waals surface area contributed by atoms with E-state index >= 15 is 0 Å². The number of rotatable bonds is 9. The van der Waals surface area contributed by atoms with E-state index in [1.807, 2.05) is 32.9 Å². The largest absolute Gasteiger partial charge is 0.507 e. The van der Waals surface area contributed by atoms with Crippen LogP contribution in [0, 0.1) is 16.7 Å². The molecule has 0 amide bonds. The maximum Gasteiger partial charge on any atom is 0.167 e. The number of nitriles is 1. The van der Waals surface area contributed by atoms with Gasteiger partial charge in [0.2, 0.25) is 0 Å². The van der Waals surface area contributed by atoms with Gasteiger partial charge in [-0.1, -0.05) is 39.3 Å². The van der Waals surface area contributed by atoms with Gasteiger partial charge in [0.15, 0.2) is 11.6 Å². The number of benzene rings is 2. The number of ether oxygens (including phenoxy) is 1. The molecule has 0 aliphatic rings. The molecule has 0 aliphatic heterocycles. The molecule has 0 saturated carbocycles. The summed E-state index contributed by atoms with van der Waals surface area (Å²) in [6.45, 7) is 7.23. The highest BCUT2D eigenvalue weighted by molar-refractivity contribution is 6.00. The van der Waals surface area contributed by atoms with E-state index in [0.717, 1.165) is 17.5 Å². The van der Waals surface area contributed by atoms with Crippen molar-refractivity contribution in [2.45, 2.75) is 53.4 Å². The molecule has 30 heavy (non-hydrogen) atoms. The molecule has 1 N–H and O–H groups in total. The molecule has 2 rings (SSSR count). The minimum absolute atomic E-state index is 0.0132. The quantitative estimate of drug-likeness (QED) is 0.536. The first-order valence-electron chi connectivity index (χ1n) is 10.1. The van der Waals surface area contributed by atoms with Crippen molar-refractivity contribution in [3.63, 3.8) is 0 Å². The predicted molar refractivity (Wildman–Crippen MR) is 117 cm³/mol. The van der Waals surface area contributed by atoms with Gasteiger partial charge in [-0.05, 0) is 48.1 Å². The molecular formula is C25H29NO4. The lowest BCUT2D eigenvalue weighted by Gasteiger charge is -2.21. The van der Waals surface area contributed by atoms with Gasteiger partial charge >= 0.3 is 0 Å². The number of aromatic hydroxyl groups is 1. The van der Waals surface area contributed by atoms with Crippen LogP contribution in [0.3, 0.4) is 0 Å². The van der Waals surface area contributed by atoms with Crippen molar-refractivity contribution in [1.82, 2.24) is 0 Å². The highest BCUT2D eigenvalue weighted by Crippen LogP contribution is 2.37. The van der Waals surface area contributed by atoms with E-state index in [4.69, 9.17) is 10.00 Å². The number of nitrogens with zero attached hydrogens (tertiary/aromatic N) is 1. The van der Waals surface area contributed by atoms with E-state index in [0.29, 0.717) is 35.3 Å². The van der Waals surface area contributed by atoms with Crippen LogP contribution in [0.1, 0.15) is 73.2 Å². The Balaban J connectivity index is 2.51. The summed E-state index contributed by atoms with van der Waals surface area (Å²) in [6.07, 6.45) is 1.96. The molecule has 0 bridgehead atoms. The normalized spacial score (nSPS) is 11.1. The number of phenolic OH excluding ortho intramolecular Hbond substituents is 1. The van der Waals surface area contributed by atoms with Crippen LogP contribution >= 0.6 is 0 Å². The van der Waals surface area contributed by atoms with E-state index in [1.54, 1.807) is 18.2 Å². The van der Waals surface area contributed by atoms with Crippen LogP contribution in [0.2, 0.25) is 0 Å². The monoisotopic (exact) mass is 407 g/mol. The molecule has 0 spiro atoms. The number of hydrogen-bond donors (Lipinski definition) is 1. The second kappa shape index (κ2) is 9.58. The van der Waals surface area contributed by atoms with Gasteiger partial charge in [0.25, 0.3) is 0 Å². The topological polar surface area (TPSA) is 87.4 Å². The van der Waals surface area contributed by atoms with Gasteiger partial charge in [-0.2, -0.15) is 5.26 Å². The lowest BCUT2D eigenvalue weighted by molar-refractivity contribution is 0.0929. The Bertz CT molecular complexity index is 999. The molecule has 2 aromatic rings. The Morgan fingerprint density at radius 3 is 2.40 bits per heavy atom. The second-order valence-electron chi connectivity index (χ2n) is 8.31. The van der Waals surface area contributed by atoms with Crippen LogP contribution in [-0.4, -0.2) is 23.8 Å². The smallest absolute Gasteiger partial charge is 0.167 e. The number of hydrogen-bond acceptors (Lipinski definition) is 5. The molecule has 0 radical (unpaired) electrons. The fraction of sp³-hybridized carbons (Fsp3) is 0.400. The molecule has 0 aliphatic carbocycles. The van der Waals surface area contributed by atoms with E-state index in [2.05, 4.69) is 6.07 Å². The Morgan fingerprint density at radius 1 is 1.17 bits per heavy atom. The number of carbonyl (C=O) groups is 2. The maximum atomic E-state index is 12.8. The molecule has 0 aromatic heterocycles. The maximum absolute atomic E-state index is 12.8. The number of Topliss-reactive ketones (excluding diaryl/α,β-unsaturated/α-hetero) is 2. The summed E-state index contributed by atoms with van der Waals surface area (Å²) in [5, 5.41) is 19.6. The van der Waals surface area contributed by atoms with Crippen molar-refractivity contribution in [1.29, 1.82) is 5.26 Å². The molecule has 0 heterocycles. The summed E-state index contributed by atoms with van der Waals surface area (Å²) >= 11 is 0. The first kappa shape index (κ1) is 23.2. The van der Waals surface area contributed by atoms with Crippen LogP contribution in [0.25, 0.3) is 11.1 Å². The highest BCUT2D eigenvalue weighted by Gasteiger charge is 2.25. The standard InChI is InChI=1S/C25H29NO4/c1-6-7-20-19(11-10-18(16(2)27)24(20)29)17-8-9-21(23(14-17)30-5)22(28)15-25(3,4)12-13-26/h8-11,14,29H,6-7,12,15H2,1-5H3. The van der Waals surface area contributed by atoms with Crippen molar-refractivity contribution in [3.8, 4) is 28.7 Å². The Morgan fingerprint density at radius 2 is 1.83 bits per heavy atom. The zero-order chi connectivity index (χ0) is 22.5. The fourth-order valence-corrected chi connectivity index (χ4v) is 3.59. The van der Waals surface area contributed by atoms with Gasteiger partial charge in [-0.25, -0.2) is 0 Å². The summed E-state index contributed by atoms with van der Waals surface area (Å²) in [6, 6.07) is 10.9. The third-order valence-corrected chi connectivity index (χ3v) is 5.17. The van der Waals surface area contributed by atoms with Crippen molar-refractivity contribution in [3.05, 3.63) is 47.0 Å². The van der Waals surface area contributed by atoms with Gasteiger partial charge < -0.3 is 9.84 Å². The molecule has 158 valence electrons. The van der Waals surface area contributed by atoms with Crippen LogP contribution in [0.5, 0.6) is 11.5 Å². The first-order valence-corrected chi connectivity index (χ1v) is 10.1. The lowest BCUT2D eigenvalue weighted by Crippen LogP contribution is -2.17. The Hall–Kier alpha value is -3.13. The summed E-state index contributed by atoms with van der Waals surface area (Å²) in [5.74, 6) is 0.194. The van der Waals surface area contributed by atoms with Crippen LogP contribution in [0.15, 0.2) is 30.3 Å². The van der Waals surface area contributed by atoms with Crippen LogP contribution in [-0.2, 0) is 6.42 Å². The molecular weight excluding hydrogens is 378 g/mol. The fourth-order valence-electron chi connectivity index (χ4n) is 3.59. The SMILES string of the molecule is CCCc1c(-c2ccc(C(=O)CC(C)(C)CC#N)c(OC)c2)ccc(C(C)=O)c1O.